The predicted molar refractivity (Wildman–Crippen MR) is 51.4 cm³/mol. The number of carbonyl (C=O) groups excluding carboxylic acids is 1. The summed E-state index contributed by atoms with van der Waals surface area (Å²) in [7, 11) is 0. The highest BCUT2D eigenvalue weighted by Crippen LogP contribution is 2.26. The fourth-order valence-electron chi connectivity index (χ4n) is 2.49. The Bertz CT molecular complexity index is 193. The van der Waals surface area contributed by atoms with Gasteiger partial charge in [-0.3, -0.25) is 4.79 Å². The van der Waals surface area contributed by atoms with Crippen molar-refractivity contribution in [1.82, 2.24) is 10.2 Å². The average molecular weight is 182 g/mol. The fourth-order valence-corrected chi connectivity index (χ4v) is 2.49. The third kappa shape index (κ3) is 2.02. The van der Waals surface area contributed by atoms with Crippen LogP contribution in [0.25, 0.3) is 0 Å². The van der Waals surface area contributed by atoms with Gasteiger partial charge in [-0.25, -0.2) is 0 Å². The van der Waals surface area contributed by atoms with Crippen LogP contribution in [-0.4, -0.2) is 36.5 Å². The van der Waals surface area contributed by atoms with Gasteiger partial charge in [0.25, 0.3) is 0 Å². The van der Waals surface area contributed by atoms with Gasteiger partial charge in [-0.1, -0.05) is 6.92 Å². The molecule has 3 nitrogen and oxygen atoms in total. The second kappa shape index (κ2) is 3.66. The van der Waals surface area contributed by atoms with Crippen LogP contribution in [0.15, 0.2) is 0 Å². The van der Waals surface area contributed by atoms with Crippen molar-refractivity contribution in [3.05, 3.63) is 0 Å². The summed E-state index contributed by atoms with van der Waals surface area (Å²) >= 11 is 0. The lowest BCUT2D eigenvalue weighted by molar-refractivity contribution is -0.121. The van der Waals surface area contributed by atoms with Crippen molar-refractivity contribution in [3.8, 4) is 0 Å². The number of hydrogen-bond acceptors (Lipinski definition) is 2. The van der Waals surface area contributed by atoms with Crippen molar-refractivity contribution in [2.24, 2.45) is 5.92 Å². The van der Waals surface area contributed by atoms with Gasteiger partial charge in [0.05, 0.1) is 0 Å². The molecule has 0 saturated carbocycles. The van der Waals surface area contributed by atoms with E-state index < -0.39 is 0 Å². The van der Waals surface area contributed by atoms with Gasteiger partial charge >= 0.3 is 0 Å². The highest BCUT2D eigenvalue weighted by Gasteiger charge is 2.32. The first-order valence-electron chi connectivity index (χ1n) is 5.29. The molecule has 74 valence electrons. The van der Waals surface area contributed by atoms with Gasteiger partial charge in [-0.05, 0) is 25.3 Å². The quantitative estimate of drug-likeness (QED) is 0.678. The van der Waals surface area contributed by atoms with Crippen LogP contribution in [0.3, 0.4) is 0 Å². The molecule has 2 heterocycles. The van der Waals surface area contributed by atoms with E-state index in [1.807, 2.05) is 6.92 Å². The fraction of sp³-hybridized carbons (Fsp3) is 0.900. The number of fused-ring (bicyclic) bond motifs is 2. The molecule has 3 heteroatoms. The zero-order chi connectivity index (χ0) is 9.26. The van der Waals surface area contributed by atoms with Crippen molar-refractivity contribution < 1.29 is 4.79 Å². The number of amides is 1. The number of hydrogen-bond donors (Lipinski definition) is 1. The van der Waals surface area contributed by atoms with Crippen molar-refractivity contribution in [3.63, 3.8) is 0 Å². The van der Waals surface area contributed by atoms with Crippen LogP contribution >= 0.6 is 0 Å². The maximum absolute atomic E-state index is 11.2. The normalized spacial score (nSPS) is 37.5. The zero-order valence-corrected chi connectivity index (χ0v) is 8.25. The minimum Gasteiger partial charge on any atom is -0.352 e. The standard InChI is InChI=1S/C10H18N2O/c1-2-10(13)11-9-5-8-3-4-12(6-8)7-9/h8-9H,2-7H2,1H3,(H,11,13)/t8?,9-/m1/s1. The number of nitrogens with zero attached hydrogens (tertiary/aromatic N) is 1. The van der Waals surface area contributed by atoms with Gasteiger partial charge in [0.2, 0.25) is 5.91 Å². The maximum atomic E-state index is 11.2. The molecule has 2 saturated heterocycles. The summed E-state index contributed by atoms with van der Waals surface area (Å²) in [6, 6.07) is 0.425. The van der Waals surface area contributed by atoms with Crippen molar-refractivity contribution in [2.45, 2.75) is 32.2 Å². The lowest BCUT2D eigenvalue weighted by Crippen LogP contribution is -2.46. The van der Waals surface area contributed by atoms with Gasteiger partial charge in [0.1, 0.15) is 0 Å². The molecule has 3 atom stereocenters. The van der Waals surface area contributed by atoms with E-state index in [2.05, 4.69) is 10.2 Å². The van der Waals surface area contributed by atoms with Crippen LogP contribution in [0, 0.1) is 5.92 Å². The van der Waals surface area contributed by atoms with E-state index in [1.54, 1.807) is 0 Å². The lowest BCUT2D eigenvalue weighted by atomic mass is 9.97. The van der Waals surface area contributed by atoms with Gasteiger partial charge in [0, 0.05) is 25.6 Å². The highest BCUT2D eigenvalue weighted by molar-refractivity contribution is 5.75. The molecule has 2 bridgehead atoms. The predicted octanol–water partition coefficient (Wildman–Crippen LogP) is 0.607. The van der Waals surface area contributed by atoms with Crippen molar-refractivity contribution >= 4 is 5.91 Å². The van der Waals surface area contributed by atoms with E-state index in [0.717, 1.165) is 12.5 Å². The molecule has 0 radical (unpaired) electrons. The Kier molecular flexibility index (Phi) is 2.54. The van der Waals surface area contributed by atoms with Crippen LogP contribution in [0.5, 0.6) is 0 Å². The molecule has 13 heavy (non-hydrogen) atoms. The van der Waals surface area contributed by atoms with Crippen LogP contribution in [0.2, 0.25) is 0 Å². The van der Waals surface area contributed by atoms with E-state index in [1.165, 1.54) is 25.9 Å². The molecule has 0 aromatic rings. The Morgan fingerprint density at radius 3 is 3.08 bits per heavy atom. The summed E-state index contributed by atoms with van der Waals surface area (Å²) in [6.45, 7) is 5.48. The number of rotatable bonds is 2. The second-order valence-corrected chi connectivity index (χ2v) is 4.27. The average Bonchev–Trinajstić information content (AvgIpc) is 2.46. The van der Waals surface area contributed by atoms with Crippen LogP contribution in [-0.2, 0) is 4.79 Å². The number of piperidine rings is 1. The summed E-state index contributed by atoms with van der Waals surface area (Å²) in [5.74, 6) is 1.04. The molecule has 2 unspecified atom stereocenters. The highest BCUT2D eigenvalue weighted by atomic mass is 16.1. The first-order valence-corrected chi connectivity index (χ1v) is 5.29. The van der Waals surface area contributed by atoms with E-state index in [4.69, 9.17) is 0 Å². The summed E-state index contributed by atoms with van der Waals surface area (Å²) in [5.41, 5.74) is 0. The molecule has 1 amide bonds. The van der Waals surface area contributed by atoms with Crippen molar-refractivity contribution in [1.29, 1.82) is 0 Å². The summed E-state index contributed by atoms with van der Waals surface area (Å²) < 4.78 is 0. The molecule has 2 aliphatic rings. The summed E-state index contributed by atoms with van der Waals surface area (Å²) in [6.07, 6.45) is 3.14. The van der Waals surface area contributed by atoms with Crippen LogP contribution < -0.4 is 5.32 Å². The Balaban J connectivity index is 1.85. The first-order chi connectivity index (χ1) is 6.28. The minimum absolute atomic E-state index is 0.201. The molecule has 2 rings (SSSR count). The summed E-state index contributed by atoms with van der Waals surface area (Å²) in [5, 5.41) is 3.09. The molecule has 2 aliphatic heterocycles. The molecular formula is C10H18N2O. The third-order valence-corrected chi connectivity index (χ3v) is 3.15. The van der Waals surface area contributed by atoms with Crippen LogP contribution in [0.4, 0.5) is 0 Å². The molecule has 1 N–H and O–H groups in total. The van der Waals surface area contributed by atoms with Gasteiger partial charge < -0.3 is 10.2 Å². The molecular weight excluding hydrogens is 164 g/mol. The van der Waals surface area contributed by atoms with Gasteiger partial charge in [-0.2, -0.15) is 0 Å². The molecule has 0 aliphatic carbocycles. The van der Waals surface area contributed by atoms with E-state index in [-0.39, 0.29) is 5.91 Å². The molecule has 0 aromatic carbocycles. The first kappa shape index (κ1) is 9.00. The number of carbonyl (C=O) groups is 1. The summed E-state index contributed by atoms with van der Waals surface area (Å²) in [4.78, 5) is 13.7. The van der Waals surface area contributed by atoms with E-state index >= 15 is 0 Å². The van der Waals surface area contributed by atoms with Crippen LogP contribution in [0.1, 0.15) is 26.2 Å². The zero-order valence-electron chi connectivity index (χ0n) is 8.25. The molecule has 2 fully saturated rings. The van der Waals surface area contributed by atoms with Gasteiger partial charge in [-0.15, -0.1) is 0 Å². The topological polar surface area (TPSA) is 32.3 Å². The minimum atomic E-state index is 0.201. The van der Waals surface area contributed by atoms with Crippen molar-refractivity contribution in [2.75, 3.05) is 19.6 Å². The Hall–Kier alpha value is -0.570. The SMILES string of the molecule is CCC(=O)N[C@@H]1CC2CCN(C2)C1. The molecule has 0 spiro atoms. The van der Waals surface area contributed by atoms with E-state index in [9.17, 15) is 4.79 Å². The van der Waals surface area contributed by atoms with Gasteiger partial charge in [0.15, 0.2) is 0 Å². The Labute approximate surface area is 79.5 Å². The Morgan fingerprint density at radius 2 is 2.38 bits per heavy atom. The Morgan fingerprint density at radius 1 is 1.54 bits per heavy atom. The lowest BCUT2D eigenvalue weighted by Gasteiger charge is -2.30. The third-order valence-electron chi connectivity index (χ3n) is 3.15. The monoisotopic (exact) mass is 182 g/mol. The van der Waals surface area contributed by atoms with E-state index in [0.29, 0.717) is 12.5 Å². The number of nitrogens with one attached hydrogen (secondary N) is 1. The smallest absolute Gasteiger partial charge is 0.219 e. The second-order valence-electron chi connectivity index (χ2n) is 4.27. The largest absolute Gasteiger partial charge is 0.352 e. The molecule has 0 aromatic heterocycles. The maximum Gasteiger partial charge on any atom is 0.219 e.